The Hall–Kier alpha value is -2.17. The second-order valence-corrected chi connectivity index (χ2v) is 5.70. The molecule has 2 aromatic heterocycles. The van der Waals surface area contributed by atoms with E-state index in [1.54, 1.807) is 12.4 Å². The molecule has 0 radical (unpaired) electrons. The Kier molecular flexibility index (Phi) is 4.83. The van der Waals surface area contributed by atoms with E-state index in [0.717, 1.165) is 12.4 Å². The van der Waals surface area contributed by atoms with Gasteiger partial charge in [0, 0.05) is 37.7 Å². The van der Waals surface area contributed by atoms with E-state index < -0.39 is 0 Å². The third-order valence-corrected chi connectivity index (χ3v) is 4.23. The van der Waals surface area contributed by atoms with Gasteiger partial charge in [-0.15, -0.1) is 0 Å². The van der Waals surface area contributed by atoms with E-state index in [1.807, 2.05) is 24.4 Å². The van der Waals surface area contributed by atoms with Gasteiger partial charge in [0.2, 0.25) is 5.95 Å². The maximum atomic E-state index is 4.70. The third kappa shape index (κ3) is 3.53. The molecule has 2 aromatic rings. The molecule has 0 aromatic carbocycles. The predicted octanol–water partition coefficient (Wildman–Crippen LogP) is 3.25. The molecule has 116 valence electrons. The number of hydrogen-bond donors (Lipinski definition) is 1. The summed E-state index contributed by atoms with van der Waals surface area (Å²) in [6, 6.07) is 6.62. The zero-order valence-electron chi connectivity index (χ0n) is 13.1. The summed E-state index contributed by atoms with van der Waals surface area (Å²) in [7, 11) is 0. The van der Waals surface area contributed by atoms with Crippen molar-refractivity contribution in [2.24, 2.45) is 0 Å². The summed E-state index contributed by atoms with van der Waals surface area (Å²) in [5.74, 6) is 1.73. The number of nitrogens with zero attached hydrogens (tertiary/aromatic N) is 4. The fraction of sp³-hybridized carbons (Fsp3) is 0.471. The molecule has 0 spiro atoms. The Morgan fingerprint density at radius 3 is 2.86 bits per heavy atom. The Morgan fingerprint density at radius 2 is 2.05 bits per heavy atom. The molecule has 22 heavy (non-hydrogen) atoms. The maximum Gasteiger partial charge on any atom is 0.224 e. The van der Waals surface area contributed by atoms with Crippen LogP contribution in [0.4, 0.5) is 11.8 Å². The van der Waals surface area contributed by atoms with E-state index in [9.17, 15) is 0 Å². The van der Waals surface area contributed by atoms with E-state index in [-0.39, 0.29) is 0 Å². The summed E-state index contributed by atoms with van der Waals surface area (Å²) < 4.78 is 0. The van der Waals surface area contributed by atoms with Gasteiger partial charge in [-0.3, -0.25) is 4.98 Å². The largest absolute Gasteiger partial charge is 0.353 e. The van der Waals surface area contributed by atoms with Crippen molar-refractivity contribution in [1.29, 1.82) is 0 Å². The lowest BCUT2D eigenvalue weighted by Crippen LogP contribution is -2.39. The van der Waals surface area contributed by atoms with Gasteiger partial charge >= 0.3 is 0 Å². The average molecular weight is 297 g/mol. The van der Waals surface area contributed by atoms with Gasteiger partial charge in [-0.1, -0.05) is 6.92 Å². The van der Waals surface area contributed by atoms with Crippen LogP contribution in [-0.4, -0.2) is 27.5 Å². The molecule has 0 amide bonds. The monoisotopic (exact) mass is 297 g/mol. The molecule has 1 aliphatic rings. The summed E-state index contributed by atoms with van der Waals surface area (Å²) in [4.78, 5) is 15.5. The second-order valence-electron chi connectivity index (χ2n) is 5.70. The van der Waals surface area contributed by atoms with Crippen LogP contribution in [0.25, 0.3) is 0 Å². The molecular weight excluding hydrogens is 274 g/mol. The first kappa shape index (κ1) is 14.8. The molecule has 1 atom stereocenters. The third-order valence-electron chi connectivity index (χ3n) is 4.23. The lowest BCUT2D eigenvalue weighted by atomic mass is 10.0. The summed E-state index contributed by atoms with van der Waals surface area (Å²) in [6.45, 7) is 4.06. The number of hydrogen-bond acceptors (Lipinski definition) is 5. The van der Waals surface area contributed by atoms with Gasteiger partial charge in [0.05, 0.1) is 0 Å². The molecule has 5 heteroatoms. The maximum absolute atomic E-state index is 4.70. The molecule has 1 N–H and O–H groups in total. The Balaban J connectivity index is 1.69. The minimum atomic E-state index is 0.608. The zero-order valence-corrected chi connectivity index (χ0v) is 13.1. The standard InChI is InChI=1S/C17H23N5/c1-2-15-5-3-4-12-22(15)16-8-11-19-17(21-16)20-13-14-6-9-18-10-7-14/h6-11,15H,2-5,12-13H2,1H3,(H,19,20,21). The highest BCUT2D eigenvalue weighted by atomic mass is 15.2. The molecule has 5 nitrogen and oxygen atoms in total. The first-order valence-electron chi connectivity index (χ1n) is 8.09. The van der Waals surface area contributed by atoms with Gasteiger partial charge in [-0.2, -0.15) is 4.98 Å². The molecule has 0 aliphatic carbocycles. The molecular formula is C17H23N5. The summed E-state index contributed by atoms with van der Waals surface area (Å²) >= 11 is 0. The predicted molar refractivity (Wildman–Crippen MR) is 88.9 cm³/mol. The van der Waals surface area contributed by atoms with E-state index in [0.29, 0.717) is 18.5 Å². The second kappa shape index (κ2) is 7.20. The smallest absolute Gasteiger partial charge is 0.224 e. The Bertz CT molecular complexity index is 587. The normalized spacial score (nSPS) is 18.2. The number of anilines is 2. The molecule has 0 bridgehead atoms. The van der Waals surface area contributed by atoms with Crippen LogP contribution in [0.2, 0.25) is 0 Å². The van der Waals surface area contributed by atoms with Crippen LogP contribution in [0.5, 0.6) is 0 Å². The van der Waals surface area contributed by atoms with Crippen molar-refractivity contribution in [3.63, 3.8) is 0 Å². The van der Waals surface area contributed by atoms with Crippen LogP contribution >= 0.6 is 0 Å². The van der Waals surface area contributed by atoms with Crippen LogP contribution in [0, 0.1) is 0 Å². The minimum absolute atomic E-state index is 0.608. The quantitative estimate of drug-likeness (QED) is 0.918. The van der Waals surface area contributed by atoms with Crippen molar-refractivity contribution in [2.45, 2.75) is 45.2 Å². The topological polar surface area (TPSA) is 53.9 Å². The first-order chi connectivity index (χ1) is 10.9. The van der Waals surface area contributed by atoms with Crippen molar-refractivity contribution >= 4 is 11.8 Å². The lowest BCUT2D eigenvalue weighted by molar-refractivity contribution is 0.447. The van der Waals surface area contributed by atoms with Crippen molar-refractivity contribution in [2.75, 3.05) is 16.8 Å². The number of pyridine rings is 1. The lowest BCUT2D eigenvalue weighted by Gasteiger charge is -2.36. The van der Waals surface area contributed by atoms with Crippen LogP contribution in [0.15, 0.2) is 36.8 Å². The number of nitrogens with one attached hydrogen (secondary N) is 1. The van der Waals surface area contributed by atoms with E-state index in [1.165, 1.54) is 31.2 Å². The highest BCUT2D eigenvalue weighted by molar-refractivity contribution is 5.44. The van der Waals surface area contributed by atoms with Gasteiger partial charge in [0.1, 0.15) is 5.82 Å². The Morgan fingerprint density at radius 1 is 1.18 bits per heavy atom. The van der Waals surface area contributed by atoms with E-state index in [2.05, 4.69) is 27.1 Å². The molecule has 1 aliphatic heterocycles. The fourth-order valence-electron chi connectivity index (χ4n) is 3.00. The zero-order chi connectivity index (χ0) is 15.2. The van der Waals surface area contributed by atoms with Gasteiger partial charge in [0.25, 0.3) is 0 Å². The van der Waals surface area contributed by atoms with Crippen molar-refractivity contribution in [3.8, 4) is 0 Å². The molecule has 3 heterocycles. The summed E-state index contributed by atoms with van der Waals surface area (Å²) in [5, 5.41) is 3.30. The summed E-state index contributed by atoms with van der Waals surface area (Å²) in [5.41, 5.74) is 1.17. The Labute approximate surface area is 131 Å². The van der Waals surface area contributed by atoms with Crippen molar-refractivity contribution in [3.05, 3.63) is 42.4 Å². The minimum Gasteiger partial charge on any atom is -0.353 e. The summed E-state index contributed by atoms with van der Waals surface area (Å²) in [6.07, 6.45) is 10.5. The van der Waals surface area contributed by atoms with Crippen LogP contribution in [0.1, 0.15) is 38.2 Å². The van der Waals surface area contributed by atoms with Crippen molar-refractivity contribution in [1.82, 2.24) is 15.0 Å². The highest BCUT2D eigenvalue weighted by Gasteiger charge is 2.22. The highest BCUT2D eigenvalue weighted by Crippen LogP contribution is 2.25. The molecule has 1 unspecified atom stereocenters. The van der Waals surface area contributed by atoms with Crippen molar-refractivity contribution < 1.29 is 0 Å². The number of aromatic nitrogens is 3. The molecule has 1 fully saturated rings. The molecule has 3 rings (SSSR count). The van der Waals surface area contributed by atoms with Crippen LogP contribution < -0.4 is 10.2 Å². The van der Waals surface area contributed by atoms with Gasteiger partial charge in [-0.05, 0) is 49.4 Å². The SMILES string of the molecule is CCC1CCCCN1c1ccnc(NCc2ccncc2)n1. The molecule has 1 saturated heterocycles. The van der Waals surface area contributed by atoms with E-state index >= 15 is 0 Å². The number of rotatable bonds is 5. The average Bonchev–Trinajstić information content (AvgIpc) is 2.61. The van der Waals surface area contributed by atoms with Gasteiger partial charge < -0.3 is 10.2 Å². The fourth-order valence-corrected chi connectivity index (χ4v) is 3.00. The number of piperidine rings is 1. The van der Waals surface area contributed by atoms with Gasteiger partial charge in [0.15, 0.2) is 0 Å². The van der Waals surface area contributed by atoms with Crippen LogP contribution in [-0.2, 0) is 6.54 Å². The van der Waals surface area contributed by atoms with Gasteiger partial charge in [-0.25, -0.2) is 4.98 Å². The van der Waals surface area contributed by atoms with Crippen LogP contribution in [0.3, 0.4) is 0 Å². The first-order valence-corrected chi connectivity index (χ1v) is 8.09. The molecule has 0 saturated carbocycles. The van der Waals surface area contributed by atoms with E-state index in [4.69, 9.17) is 4.98 Å².